The summed E-state index contributed by atoms with van der Waals surface area (Å²) in [6.45, 7) is 8.81. The molecule has 0 heterocycles. The van der Waals surface area contributed by atoms with E-state index in [2.05, 4.69) is 6.07 Å². The van der Waals surface area contributed by atoms with Gasteiger partial charge in [-0.05, 0) is 40.0 Å². The Morgan fingerprint density at radius 3 is 2.33 bits per heavy atom. The molecule has 88 valence electrons. The standard InChI is InChI=1S/C12H23NO2/c1-4-14-9-10-15-8-6-5-7-12(2,3)11-13/h4-10H2,1-3H3. The quantitative estimate of drug-likeness (QED) is 0.553. The molecule has 0 aromatic rings. The van der Waals surface area contributed by atoms with E-state index < -0.39 is 0 Å². The highest BCUT2D eigenvalue weighted by Crippen LogP contribution is 2.21. The number of unbranched alkanes of at least 4 members (excludes halogenated alkanes) is 1. The summed E-state index contributed by atoms with van der Waals surface area (Å²) in [4.78, 5) is 0. The minimum atomic E-state index is -0.189. The summed E-state index contributed by atoms with van der Waals surface area (Å²) in [6.07, 6.45) is 3.02. The lowest BCUT2D eigenvalue weighted by molar-refractivity contribution is 0.0508. The van der Waals surface area contributed by atoms with Crippen molar-refractivity contribution in [3.05, 3.63) is 0 Å². The summed E-state index contributed by atoms with van der Waals surface area (Å²) in [7, 11) is 0. The van der Waals surface area contributed by atoms with Crippen LogP contribution in [0, 0.1) is 16.7 Å². The van der Waals surface area contributed by atoms with Gasteiger partial charge in [0.05, 0.1) is 24.7 Å². The van der Waals surface area contributed by atoms with Gasteiger partial charge in [-0.15, -0.1) is 0 Å². The van der Waals surface area contributed by atoms with E-state index in [1.807, 2.05) is 20.8 Å². The molecule has 0 aliphatic carbocycles. The fraction of sp³-hybridized carbons (Fsp3) is 0.917. The summed E-state index contributed by atoms with van der Waals surface area (Å²) in [5, 5.41) is 8.80. The molecule has 0 aliphatic heterocycles. The van der Waals surface area contributed by atoms with E-state index in [-0.39, 0.29) is 5.41 Å². The lowest BCUT2D eigenvalue weighted by Gasteiger charge is -2.14. The van der Waals surface area contributed by atoms with Crippen molar-refractivity contribution in [1.29, 1.82) is 5.26 Å². The third-order valence-electron chi connectivity index (χ3n) is 2.22. The molecule has 3 nitrogen and oxygen atoms in total. The first-order valence-corrected chi connectivity index (χ1v) is 5.69. The summed E-state index contributed by atoms with van der Waals surface area (Å²) in [6, 6.07) is 2.30. The van der Waals surface area contributed by atoms with Crippen molar-refractivity contribution in [1.82, 2.24) is 0 Å². The van der Waals surface area contributed by atoms with Crippen LogP contribution in [-0.2, 0) is 9.47 Å². The van der Waals surface area contributed by atoms with Crippen molar-refractivity contribution in [3.63, 3.8) is 0 Å². The van der Waals surface area contributed by atoms with Crippen molar-refractivity contribution >= 4 is 0 Å². The summed E-state index contributed by atoms with van der Waals surface area (Å²) < 4.78 is 10.5. The van der Waals surface area contributed by atoms with Crippen LogP contribution in [-0.4, -0.2) is 26.4 Å². The van der Waals surface area contributed by atoms with Gasteiger partial charge < -0.3 is 9.47 Å². The predicted octanol–water partition coefficient (Wildman–Crippen LogP) is 2.76. The summed E-state index contributed by atoms with van der Waals surface area (Å²) in [5.74, 6) is 0. The molecule has 0 radical (unpaired) electrons. The van der Waals surface area contributed by atoms with E-state index in [0.29, 0.717) is 13.2 Å². The fourth-order valence-electron chi connectivity index (χ4n) is 1.19. The average Bonchev–Trinajstić information content (AvgIpc) is 2.22. The number of hydrogen-bond donors (Lipinski definition) is 0. The zero-order chi connectivity index (χ0) is 11.6. The highest BCUT2D eigenvalue weighted by Gasteiger charge is 2.15. The highest BCUT2D eigenvalue weighted by atomic mass is 16.5. The van der Waals surface area contributed by atoms with Crippen LogP contribution in [0.2, 0.25) is 0 Å². The molecule has 0 saturated heterocycles. The van der Waals surface area contributed by atoms with Crippen molar-refractivity contribution in [2.75, 3.05) is 26.4 Å². The Morgan fingerprint density at radius 2 is 1.73 bits per heavy atom. The molecule has 0 spiro atoms. The SMILES string of the molecule is CCOCCOCCCCC(C)(C)C#N. The monoisotopic (exact) mass is 213 g/mol. The van der Waals surface area contributed by atoms with Crippen LogP contribution in [0.25, 0.3) is 0 Å². The van der Waals surface area contributed by atoms with E-state index in [1.165, 1.54) is 0 Å². The van der Waals surface area contributed by atoms with Crippen LogP contribution in [0.5, 0.6) is 0 Å². The van der Waals surface area contributed by atoms with E-state index in [1.54, 1.807) is 0 Å². The molecule has 0 aliphatic rings. The second-order valence-electron chi connectivity index (χ2n) is 4.26. The van der Waals surface area contributed by atoms with Crippen molar-refractivity contribution in [3.8, 4) is 6.07 Å². The van der Waals surface area contributed by atoms with Gasteiger partial charge >= 0.3 is 0 Å². The van der Waals surface area contributed by atoms with Crippen molar-refractivity contribution < 1.29 is 9.47 Å². The molecule has 0 fully saturated rings. The largest absolute Gasteiger partial charge is 0.379 e. The normalized spacial score (nSPS) is 11.3. The second kappa shape index (κ2) is 8.70. The number of nitrogens with zero attached hydrogens (tertiary/aromatic N) is 1. The van der Waals surface area contributed by atoms with Gasteiger partial charge in [0.15, 0.2) is 0 Å². The zero-order valence-corrected chi connectivity index (χ0v) is 10.2. The van der Waals surface area contributed by atoms with Crippen molar-refractivity contribution in [2.24, 2.45) is 5.41 Å². The molecular weight excluding hydrogens is 190 g/mol. The third-order valence-corrected chi connectivity index (χ3v) is 2.22. The second-order valence-corrected chi connectivity index (χ2v) is 4.26. The van der Waals surface area contributed by atoms with Crippen LogP contribution in [0.4, 0.5) is 0 Å². The molecule has 0 aromatic heterocycles. The van der Waals surface area contributed by atoms with Crippen molar-refractivity contribution in [2.45, 2.75) is 40.0 Å². The van der Waals surface area contributed by atoms with Crippen LogP contribution in [0.3, 0.4) is 0 Å². The van der Waals surface area contributed by atoms with Gasteiger partial charge in [-0.2, -0.15) is 5.26 Å². The Balaban J connectivity index is 3.16. The topological polar surface area (TPSA) is 42.2 Å². The number of hydrogen-bond acceptors (Lipinski definition) is 3. The average molecular weight is 213 g/mol. The lowest BCUT2D eigenvalue weighted by Crippen LogP contribution is -2.09. The molecule has 0 atom stereocenters. The molecule has 15 heavy (non-hydrogen) atoms. The first-order chi connectivity index (χ1) is 7.12. The van der Waals surface area contributed by atoms with E-state index in [4.69, 9.17) is 14.7 Å². The minimum absolute atomic E-state index is 0.189. The summed E-state index contributed by atoms with van der Waals surface area (Å²) >= 11 is 0. The maximum absolute atomic E-state index is 8.80. The maximum Gasteiger partial charge on any atom is 0.0700 e. The minimum Gasteiger partial charge on any atom is -0.379 e. The van der Waals surface area contributed by atoms with Crippen LogP contribution >= 0.6 is 0 Å². The van der Waals surface area contributed by atoms with Gasteiger partial charge in [-0.1, -0.05) is 0 Å². The number of rotatable bonds is 9. The molecule has 0 bridgehead atoms. The van der Waals surface area contributed by atoms with Gasteiger partial charge in [0.2, 0.25) is 0 Å². The zero-order valence-electron chi connectivity index (χ0n) is 10.2. The molecule has 0 unspecified atom stereocenters. The Labute approximate surface area is 93.4 Å². The van der Waals surface area contributed by atoms with Gasteiger partial charge in [0.25, 0.3) is 0 Å². The number of nitriles is 1. The summed E-state index contributed by atoms with van der Waals surface area (Å²) in [5.41, 5.74) is -0.189. The molecular formula is C12H23NO2. The molecule has 0 rings (SSSR count). The molecule has 3 heteroatoms. The van der Waals surface area contributed by atoms with Gasteiger partial charge in [0.1, 0.15) is 0 Å². The van der Waals surface area contributed by atoms with Gasteiger partial charge in [0, 0.05) is 13.2 Å². The lowest BCUT2D eigenvalue weighted by atomic mass is 9.89. The van der Waals surface area contributed by atoms with Gasteiger partial charge in [-0.3, -0.25) is 0 Å². The van der Waals surface area contributed by atoms with Gasteiger partial charge in [-0.25, -0.2) is 0 Å². The van der Waals surface area contributed by atoms with Crippen LogP contribution in [0.15, 0.2) is 0 Å². The van der Waals surface area contributed by atoms with E-state index >= 15 is 0 Å². The van der Waals surface area contributed by atoms with E-state index in [0.717, 1.165) is 32.5 Å². The Hall–Kier alpha value is -0.590. The highest BCUT2D eigenvalue weighted by molar-refractivity contribution is 4.91. The molecule has 0 saturated carbocycles. The van der Waals surface area contributed by atoms with Crippen LogP contribution < -0.4 is 0 Å². The molecule has 0 aromatic carbocycles. The smallest absolute Gasteiger partial charge is 0.0700 e. The third kappa shape index (κ3) is 9.71. The Bertz CT molecular complexity index is 185. The number of ether oxygens (including phenoxy) is 2. The molecule has 0 amide bonds. The molecule has 0 N–H and O–H groups in total. The predicted molar refractivity (Wildman–Crippen MR) is 60.6 cm³/mol. The fourth-order valence-corrected chi connectivity index (χ4v) is 1.19. The van der Waals surface area contributed by atoms with Crippen LogP contribution in [0.1, 0.15) is 40.0 Å². The maximum atomic E-state index is 8.80. The Morgan fingerprint density at radius 1 is 1.07 bits per heavy atom. The first-order valence-electron chi connectivity index (χ1n) is 5.69. The Kier molecular flexibility index (Phi) is 8.35. The first kappa shape index (κ1) is 14.4. The van der Waals surface area contributed by atoms with E-state index in [9.17, 15) is 0 Å².